The van der Waals surface area contributed by atoms with Gasteiger partial charge in [-0.3, -0.25) is 0 Å². The normalized spacial score (nSPS) is 11.2. The highest BCUT2D eigenvalue weighted by Gasteiger charge is 2.05. The zero-order valence-electron chi connectivity index (χ0n) is 12.9. The minimum absolute atomic E-state index is 0.693. The fraction of sp³-hybridized carbons (Fsp3) is 0.444. The predicted octanol–water partition coefficient (Wildman–Crippen LogP) is 5.01. The van der Waals surface area contributed by atoms with Gasteiger partial charge in [-0.2, -0.15) is 0 Å². The lowest BCUT2D eigenvalue weighted by atomic mass is 10.1. The molecule has 0 saturated carbocycles. The highest BCUT2D eigenvalue weighted by atomic mass is 79.9. The highest BCUT2D eigenvalue weighted by molar-refractivity contribution is 9.10. The number of nitrogens with one attached hydrogen (secondary N) is 1. The van der Waals surface area contributed by atoms with Gasteiger partial charge in [0.15, 0.2) is 0 Å². The van der Waals surface area contributed by atoms with Crippen molar-refractivity contribution in [1.82, 2.24) is 5.32 Å². The van der Waals surface area contributed by atoms with Crippen LogP contribution in [-0.2, 0) is 0 Å². The second kappa shape index (κ2) is 8.40. The van der Waals surface area contributed by atoms with E-state index in [1.165, 1.54) is 23.6 Å². The fourth-order valence-electron chi connectivity index (χ4n) is 2.32. The molecule has 114 valence electrons. The molecule has 0 bridgehead atoms. The first-order valence-corrected chi connectivity index (χ1v) is 8.48. The summed E-state index contributed by atoms with van der Waals surface area (Å²) in [6.45, 7) is 7.18. The molecule has 0 aliphatic rings. The monoisotopic (exact) mass is 349 g/mol. The fourth-order valence-corrected chi connectivity index (χ4v) is 2.93. The maximum atomic E-state index is 5.86. The van der Waals surface area contributed by atoms with E-state index >= 15 is 0 Å². The summed E-state index contributed by atoms with van der Waals surface area (Å²) in [6.07, 6.45) is 2.52. The molecule has 21 heavy (non-hydrogen) atoms. The van der Waals surface area contributed by atoms with Crippen molar-refractivity contribution in [3.8, 4) is 5.75 Å². The second-order valence-corrected chi connectivity index (χ2v) is 6.53. The Hall–Kier alpha value is -1.06. The van der Waals surface area contributed by atoms with E-state index in [1.54, 1.807) is 0 Å². The number of rotatable bonds is 8. The van der Waals surface area contributed by atoms with Gasteiger partial charge >= 0.3 is 0 Å². The van der Waals surface area contributed by atoms with E-state index in [0.29, 0.717) is 6.61 Å². The van der Waals surface area contributed by atoms with Crippen molar-refractivity contribution in [3.05, 3.63) is 40.9 Å². The largest absolute Gasteiger partial charge is 0.491 e. The van der Waals surface area contributed by atoms with E-state index in [-0.39, 0.29) is 0 Å². The summed E-state index contributed by atoms with van der Waals surface area (Å²) >= 11 is 3.65. The lowest BCUT2D eigenvalue weighted by Crippen LogP contribution is -2.22. The van der Waals surface area contributed by atoms with Gasteiger partial charge in [0.1, 0.15) is 12.4 Å². The van der Waals surface area contributed by atoms with Gasteiger partial charge in [-0.05, 0) is 58.1 Å². The third-order valence-corrected chi connectivity index (χ3v) is 4.32. The van der Waals surface area contributed by atoms with E-state index in [9.17, 15) is 0 Å². The molecule has 0 spiro atoms. The zero-order valence-corrected chi connectivity index (χ0v) is 14.4. The van der Waals surface area contributed by atoms with Gasteiger partial charge in [0.25, 0.3) is 0 Å². The lowest BCUT2D eigenvalue weighted by Gasteiger charge is -2.11. The van der Waals surface area contributed by atoms with Crippen LogP contribution in [0.5, 0.6) is 5.75 Å². The summed E-state index contributed by atoms with van der Waals surface area (Å²) in [4.78, 5) is 0. The van der Waals surface area contributed by atoms with Crippen LogP contribution in [0.25, 0.3) is 10.8 Å². The Morgan fingerprint density at radius 3 is 2.71 bits per heavy atom. The van der Waals surface area contributed by atoms with Crippen molar-refractivity contribution in [2.75, 3.05) is 19.7 Å². The topological polar surface area (TPSA) is 21.3 Å². The average Bonchev–Trinajstić information content (AvgIpc) is 2.48. The van der Waals surface area contributed by atoms with Gasteiger partial charge in [-0.25, -0.2) is 0 Å². The predicted molar refractivity (Wildman–Crippen MR) is 94.1 cm³/mol. The van der Waals surface area contributed by atoms with Crippen LogP contribution in [0.2, 0.25) is 0 Å². The molecule has 0 amide bonds. The Kier molecular flexibility index (Phi) is 6.52. The first-order chi connectivity index (χ1) is 10.2. The summed E-state index contributed by atoms with van der Waals surface area (Å²) in [7, 11) is 0. The smallest absolute Gasteiger partial charge is 0.134 e. The quantitative estimate of drug-likeness (QED) is 0.676. The SMILES string of the molecule is CC(C)CCCNCCOc1ccc2ccccc2c1Br. The summed E-state index contributed by atoms with van der Waals surface area (Å²) < 4.78 is 6.91. The summed E-state index contributed by atoms with van der Waals surface area (Å²) in [6, 6.07) is 12.5. The molecule has 0 fully saturated rings. The van der Waals surface area contributed by atoms with Crippen LogP contribution in [0.3, 0.4) is 0 Å². The molecule has 2 aromatic rings. The van der Waals surface area contributed by atoms with Crippen LogP contribution >= 0.6 is 15.9 Å². The zero-order chi connectivity index (χ0) is 15.1. The van der Waals surface area contributed by atoms with Crippen molar-refractivity contribution in [3.63, 3.8) is 0 Å². The molecule has 2 nitrogen and oxygen atoms in total. The molecule has 0 heterocycles. The Labute approximate surface area is 136 Å². The van der Waals surface area contributed by atoms with Crippen LogP contribution in [0.15, 0.2) is 40.9 Å². The van der Waals surface area contributed by atoms with Gasteiger partial charge in [-0.1, -0.05) is 44.2 Å². The van der Waals surface area contributed by atoms with Crippen molar-refractivity contribution >= 4 is 26.7 Å². The Morgan fingerprint density at radius 2 is 1.90 bits per heavy atom. The molecular formula is C18H24BrNO. The first-order valence-electron chi connectivity index (χ1n) is 7.69. The minimum Gasteiger partial charge on any atom is -0.491 e. The third kappa shape index (κ3) is 5.01. The van der Waals surface area contributed by atoms with Crippen molar-refractivity contribution < 1.29 is 4.74 Å². The number of ether oxygens (including phenoxy) is 1. The van der Waals surface area contributed by atoms with Gasteiger partial charge in [0.05, 0.1) is 4.47 Å². The maximum absolute atomic E-state index is 5.86. The van der Waals surface area contributed by atoms with Crippen LogP contribution < -0.4 is 10.1 Å². The lowest BCUT2D eigenvalue weighted by molar-refractivity contribution is 0.311. The molecule has 2 rings (SSSR count). The molecular weight excluding hydrogens is 326 g/mol. The van der Waals surface area contributed by atoms with Crippen molar-refractivity contribution in [2.45, 2.75) is 26.7 Å². The third-order valence-electron chi connectivity index (χ3n) is 3.50. The molecule has 0 saturated heterocycles. The molecule has 2 aromatic carbocycles. The standard InChI is InChI=1S/C18H24BrNO/c1-14(2)6-5-11-20-12-13-21-17-10-9-15-7-3-4-8-16(15)18(17)19/h3-4,7-10,14,20H,5-6,11-13H2,1-2H3. The van der Waals surface area contributed by atoms with E-state index in [2.05, 4.69) is 59.4 Å². The highest BCUT2D eigenvalue weighted by Crippen LogP contribution is 2.32. The molecule has 0 aliphatic carbocycles. The first kappa shape index (κ1) is 16.3. The van der Waals surface area contributed by atoms with Gasteiger partial charge in [0, 0.05) is 6.54 Å². The van der Waals surface area contributed by atoms with Gasteiger partial charge < -0.3 is 10.1 Å². The Morgan fingerprint density at radius 1 is 1.10 bits per heavy atom. The number of halogens is 1. The van der Waals surface area contributed by atoms with E-state index in [4.69, 9.17) is 4.74 Å². The Balaban J connectivity index is 1.77. The van der Waals surface area contributed by atoms with Crippen LogP contribution in [0.4, 0.5) is 0 Å². The van der Waals surface area contributed by atoms with Crippen LogP contribution in [0.1, 0.15) is 26.7 Å². The maximum Gasteiger partial charge on any atom is 0.134 e. The summed E-state index contributed by atoms with van der Waals surface area (Å²) in [5.41, 5.74) is 0. The summed E-state index contributed by atoms with van der Waals surface area (Å²) in [5.74, 6) is 1.70. The molecule has 0 atom stereocenters. The van der Waals surface area contributed by atoms with Crippen molar-refractivity contribution in [2.24, 2.45) is 5.92 Å². The minimum atomic E-state index is 0.693. The number of fused-ring (bicyclic) bond motifs is 1. The molecule has 1 N–H and O–H groups in total. The van der Waals surface area contributed by atoms with E-state index in [0.717, 1.165) is 29.2 Å². The average molecular weight is 350 g/mol. The van der Waals surface area contributed by atoms with E-state index < -0.39 is 0 Å². The van der Waals surface area contributed by atoms with Gasteiger partial charge in [0.2, 0.25) is 0 Å². The molecule has 0 aliphatic heterocycles. The van der Waals surface area contributed by atoms with Crippen LogP contribution in [0, 0.1) is 5.92 Å². The van der Waals surface area contributed by atoms with E-state index in [1.807, 2.05) is 12.1 Å². The number of hydrogen-bond acceptors (Lipinski definition) is 2. The molecule has 0 aromatic heterocycles. The molecule has 0 unspecified atom stereocenters. The van der Waals surface area contributed by atoms with Gasteiger partial charge in [-0.15, -0.1) is 0 Å². The Bertz CT molecular complexity index is 568. The molecule has 0 radical (unpaired) electrons. The van der Waals surface area contributed by atoms with Crippen LogP contribution in [-0.4, -0.2) is 19.7 Å². The second-order valence-electron chi connectivity index (χ2n) is 5.73. The number of hydrogen-bond donors (Lipinski definition) is 1. The summed E-state index contributed by atoms with van der Waals surface area (Å²) in [5, 5.41) is 5.85. The van der Waals surface area contributed by atoms with Crippen molar-refractivity contribution in [1.29, 1.82) is 0 Å². The number of benzene rings is 2. The molecule has 3 heteroatoms.